The Morgan fingerprint density at radius 3 is 2.47 bits per heavy atom. The highest BCUT2D eigenvalue weighted by molar-refractivity contribution is 7.80. The Bertz CT molecular complexity index is 454. The molecule has 0 aliphatic rings. The molecule has 0 unspecified atom stereocenters. The van der Waals surface area contributed by atoms with Gasteiger partial charge in [0, 0.05) is 4.90 Å². The number of ether oxygens (including phenoxy) is 1. The van der Waals surface area contributed by atoms with Gasteiger partial charge in [0.2, 0.25) is 0 Å². The quantitative estimate of drug-likeness (QED) is 0.756. The summed E-state index contributed by atoms with van der Waals surface area (Å²) in [6, 6.07) is 14.2. The van der Waals surface area contributed by atoms with E-state index in [0.29, 0.717) is 11.5 Å². The zero-order valence-electron chi connectivity index (χ0n) is 7.92. The van der Waals surface area contributed by atoms with Gasteiger partial charge in [0.05, 0.1) is 0 Å². The van der Waals surface area contributed by atoms with E-state index in [2.05, 4.69) is 12.6 Å². The van der Waals surface area contributed by atoms with Crippen LogP contribution in [0.15, 0.2) is 53.4 Å². The largest absolute Gasteiger partial charge is 0.504 e. The van der Waals surface area contributed by atoms with E-state index in [1.807, 2.05) is 30.3 Å². The Morgan fingerprint density at radius 2 is 1.73 bits per heavy atom. The molecule has 0 aromatic heterocycles. The highest BCUT2D eigenvalue weighted by Crippen LogP contribution is 2.32. The molecule has 2 aromatic rings. The summed E-state index contributed by atoms with van der Waals surface area (Å²) in [5, 5.41) is 9.54. The van der Waals surface area contributed by atoms with E-state index < -0.39 is 0 Å². The summed E-state index contributed by atoms with van der Waals surface area (Å²) < 4.78 is 5.49. The molecular formula is C12H10O2S. The van der Waals surface area contributed by atoms with Crippen LogP contribution < -0.4 is 4.74 Å². The first kappa shape index (κ1) is 9.93. The third-order valence-corrected chi connectivity index (χ3v) is 2.19. The molecule has 0 aliphatic carbocycles. The zero-order chi connectivity index (χ0) is 10.7. The Morgan fingerprint density at radius 1 is 1.00 bits per heavy atom. The molecule has 15 heavy (non-hydrogen) atoms. The van der Waals surface area contributed by atoms with Crippen LogP contribution in [0.5, 0.6) is 17.2 Å². The van der Waals surface area contributed by atoms with E-state index in [-0.39, 0.29) is 5.75 Å². The van der Waals surface area contributed by atoms with Crippen molar-refractivity contribution in [1.82, 2.24) is 0 Å². The molecule has 0 radical (unpaired) electrons. The lowest BCUT2D eigenvalue weighted by atomic mass is 10.3. The third kappa shape index (κ3) is 2.44. The van der Waals surface area contributed by atoms with Crippen LogP contribution >= 0.6 is 12.6 Å². The second kappa shape index (κ2) is 4.28. The maximum Gasteiger partial charge on any atom is 0.170 e. The summed E-state index contributed by atoms with van der Waals surface area (Å²) in [6.45, 7) is 0. The van der Waals surface area contributed by atoms with E-state index in [1.54, 1.807) is 18.2 Å². The van der Waals surface area contributed by atoms with Crippen molar-refractivity contribution in [2.75, 3.05) is 0 Å². The smallest absolute Gasteiger partial charge is 0.170 e. The Labute approximate surface area is 93.6 Å². The molecule has 0 fully saturated rings. The first-order valence-electron chi connectivity index (χ1n) is 4.50. The molecule has 1 N–H and O–H groups in total. The molecule has 0 bridgehead atoms. The lowest BCUT2D eigenvalue weighted by Gasteiger charge is -2.07. The standard InChI is InChI=1S/C12H10O2S/c13-11-7-6-10(15)8-12(11)14-9-4-2-1-3-5-9/h1-8,13,15H. The van der Waals surface area contributed by atoms with Crippen LogP contribution in [-0.2, 0) is 0 Å². The first-order valence-corrected chi connectivity index (χ1v) is 4.95. The second-order valence-electron chi connectivity index (χ2n) is 3.07. The highest BCUT2D eigenvalue weighted by Gasteiger charge is 2.03. The van der Waals surface area contributed by atoms with Crippen molar-refractivity contribution in [2.45, 2.75) is 4.90 Å². The summed E-state index contributed by atoms with van der Waals surface area (Å²) in [5.41, 5.74) is 0. The molecule has 0 spiro atoms. The van der Waals surface area contributed by atoms with Crippen molar-refractivity contribution in [3.8, 4) is 17.2 Å². The summed E-state index contributed by atoms with van der Waals surface area (Å²) in [6.07, 6.45) is 0. The van der Waals surface area contributed by atoms with Gasteiger partial charge in [-0.15, -0.1) is 12.6 Å². The van der Waals surface area contributed by atoms with Gasteiger partial charge in [-0.1, -0.05) is 18.2 Å². The lowest BCUT2D eigenvalue weighted by Crippen LogP contribution is -1.84. The summed E-state index contributed by atoms with van der Waals surface area (Å²) in [5.74, 6) is 1.21. The van der Waals surface area contributed by atoms with E-state index in [9.17, 15) is 5.11 Å². The maximum absolute atomic E-state index is 9.54. The number of hydrogen-bond donors (Lipinski definition) is 2. The number of aromatic hydroxyl groups is 1. The van der Waals surface area contributed by atoms with E-state index in [0.717, 1.165) is 4.90 Å². The number of hydrogen-bond acceptors (Lipinski definition) is 3. The van der Waals surface area contributed by atoms with Gasteiger partial charge in [0.1, 0.15) is 5.75 Å². The minimum Gasteiger partial charge on any atom is -0.504 e. The van der Waals surface area contributed by atoms with Crippen LogP contribution in [0, 0.1) is 0 Å². The van der Waals surface area contributed by atoms with Crippen LogP contribution in [-0.4, -0.2) is 5.11 Å². The van der Waals surface area contributed by atoms with Gasteiger partial charge in [-0.3, -0.25) is 0 Å². The first-order chi connectivity index (χ1) is 7.25. The van der Waals surface area contributed by atoms with Gasteiger partial charge < -0.3 is 9.84 Å². The molecule has 0 amide bonds. The Kier molecular flexibility index (Phi) is 2.83. The fourth-order valence-corrected chi connectivity index (χ4v) is 1.39. The van der Waals surface area contributed by atoms with Crippen molar-refractivity contribution in [1.29, 1.82) is 0 Å². The molecule has 0 saturated heterocycles. The third-order valence-electron chi connectivity index (χ3n) is 1.91. The number of thiol groups is 1. The minimum atomic E-state index is 0.108. The fourth-order valence-electron chi connectivity index (χ4n) is 1.20. The van der Waals surface area contributed by atoms with Crippen LogP contribution in [0.1, 0.15) is 0 Å². The molecular weight excluding hydrogens is 208 g/mol. The molecule has 0 saturated carbocycles. The van der Waals surface area contributed by atoms with Gasteiger partial charge >= 0.3 is 0 Å². The van der Waals surface area contributed by atoms with E-state index in [1.165, 1.54) is 0 Å². The Balaban J connectivity index is 2.28. The number of phenols is 1. The van der Waals surface area contributed by atoms with Gasteiger partial charge in [-0.05, 0) is 30.3 Å². The average molecular weight is 218 g/mol. The van der Waals surface area contributed by atoms with Crippen LogP contribution in [0.2, 0.25) is 0 Å². The molecule has 2 nitrogen and oxygen atoms in total. The summed E-state index contributed by atoms with van der Waals surface area (Å²) in [4.78, 5) is 0.749. The molecule has 3 heteroatoms. The molecule has 0 heterocycles. The van der Waals surface area contributed by atoms with Crippen molar-refractivity contribution < 1.29 is 9.84 Å². The van der Waals surface area contributed by atoms with Gasteiger partial charge in [0.15, 0.2) is 11.5 Å². The monoisotopic (exact) mass is 218 g/mol. The Hall–Kier alpha value is -1.61. The van der Waals surface area contributed by atoms with Crippen molar-refractivity contribution >= 4 is 12.6 Å². The minimum absolute atomic E-state index is 0.108. The topological polar surface area (TPSA) is 29.5 Å². The van der Waals surface area contributed by atoms with Gasteiger partial charge in [0.25, 0.3) is 0 Å². The lowest BCUT2D eigenvalue weighted by molar-refractivity contribution is 0.410. The number of para-hydroxylation sites is 1. The zero-order valence-corrected chi connectivity index (χ0v) is 8.82. The fraction of sp³-hybridized carbons (Fsp3) is 0. The molecule has 0 atom stereocenters. The predicted octanol–water partition coefficient (Wildman–Crippen LogP) is 3.47. The second-order valence-corrected chi connectivity index (χ2v) is 3.58. The van der Waals surface area contributed by atoms with Crippen molar-refractivity contribution in [3.63, 3.8) is 0 Å². The highest BCUT2D eigenvalue weighted by atomic mass is 32.1. The van der Waals surface area contributed by atoms with E-state index in [4.69, 9.17) is 4.74 Å². The number of rotatable bonds is 2. The van der Waals surface area contributed by atoms with E-state index >= 15 is 0 Å². The number of phenolic OH excluding ortho intramolecular Hbond substituents is 1. The maximum atomic E-state index is 9.54. The molecule has 2 aromatic carbocycles. The normalized spacial score (nSPS) is 9.93. The summed E-state index contributed by atoms with van der Waals surface area (Å²) in [7, 11) is 0. The molecule has 76 valence electrons. The average Bonchev–Trinajstić information content (AvgIpc) is 2.25. The van der Waals surface area contributed by atoms with Crippen molar-refractivity contribution in [2.24, 2.45) is 0 Å². The van der Waals surface area contributed by atoms with Crippen molar-refractivity contribution in [3.05, 3.63) is 48.5 Å². The van der Waals surface area contributed by atoms with Crippen LogP contribution in [0.25, 0.3) is 0 Å². The van der Waals surface area contributed by atoms with Gasteiger partial charge in [-0.2, -0.15) is 0 Å². The molecule has 2 rings (SSSR count). The van der Waals surface area contributed by atoms with Gasteiger partial charge in [-0.25, -0.2) is 0 Å². The van der Waals surface area contributed by atoms with Crippen LogP contribution in [0.4, 0.5) is 0 Å². The predicted molar refractivity (Wildman–Crippen MR) is 61.9 cm³/mol. The SMILES string of the molecule is Oc1ccc(S)cc1Oc1ccccc1. The van der Waals surface area contributed by atoms with Crippen LogP contribution in [0.3, 0.4) is 0 Å². The number of benzene rings is 2. The molecule has 0 aliphatic heterocycles. The summed E-state index contributed by atoms with van der Waals surface area (Å²) >= 11 is 4.18.